The number of ether oxygens (including phenoxy) is 1. The van der Waals surface area contributed by atoms with Crippen LogP contribution in [0.4, 0.5) is 4.39 Å². The highest BCUT2D eigenvalue weighted by Crippen LogP contribution is 2.23. The zero-order chi connectivity index (χ0) is 16.2. The zero-order valence-electron chi connectivity index (χ0n) is 14.0. The number of hydrogen-bond acceptors (Lipinski definition) is 4. The Hall–Kier alpha value is -0.920. The van der Waals surface area contributed by atoms with E-state index in [-0.39, 0.29) is 36.5 Å². The molecule has 1 fully saturated rings. The van der Waals surface area contributed by atoms with E-state index in [2.05, 4.69) is 5.32 Å². The molecule has 3 N–H and O–H groups in total. The van der Waals surface area contributed by atoms with Crippen LogP contribution < -0.4 is 11.1 Å². The SMILES string of the molecule is CC(C)(N)CNC(=O)C(c1cccc(F)c1)N1CCOCC1.Cl.Cl. The van der Waals surface area contributed by atoms with Gasteiger partial charge in [-0.3, -0.25) is 9.69 Å². The smallest absolute Gasteiger partial charge is 0.242 e. The monoisotopic (exact) mass is 381 g/mol. The lowest BCUT2D eigenvalue weighted by atomic mass is 10.0. The number of nitrogens with two attached hydrogens (primary N) is 1. The van der Waals surface area contributed by atoms with Gasteiger partial charge >= 0.3 is 0 Å². The predicted octanol–water partition coefficient (Wildman–Crippen LogP) is 1.90. The highest BCUT2D eigenvalue weighted by Gasteiger charge is 2.29. The Morgan fingerprint density at radius 2 is 2.00 bits per heavy atom. The summed E-state index contributed by atoms with van der Waals surface area (Å²) in [4.78, 5) is 14.6. The van der Waals surface area contributed by atoms with Crippen molar-refractivity contribution < 1.29 is 13.9 Å². The van der Waals surface area contributed by atoms with Crippen molar-refractivity contribution in [3.05, 3.63) is 35.6 Å². The fourth-order valence-electron chi connectivity index (χ4n) is 2.45. The molecule has 2 rings (SSSR count). The summed E-state index contributed by atoms with van der Waals surface area (Å²) >= 11 is 0. The zero-order valence-corrected chi connectivity index (χ0v) is 15.6. The van der Waals surface area contributed by atoms with Crippen molar-refractivity contribution in [1.29, 1.82) is 0 Å². The van der Waals surface area contributed by atoms with Crippen LogP contribution in [0.3, 0.4) is 0 Å². The Balaban J connectivity index is 0.00000264. The van der Waals surface area contributed by atoms with Gasteiger partial charge in [-0.05, 0) is 31.5 Å². The number of nitrogens with zero attached hydrogens (tertiary/aromatic N) is 1. The van der Waals surface area contributed by atoms with Crippen molar-refractivity contribution in [2.24, 2.45) is 5.73 Å². The average molecular weight is 382 g/mol. The second-order valence-electron chi connectivity index (χ2n) is 6.31. The van der Waals surface area contributed by atoms with Crippen molar-refractivity contribution in [3.8, 4) is 0 Å². The number of morpholine rings is 1. The van der Waals surface area contributed by atoms with Gasteiger partial charge in [0.15, 0.2) is 0 Å². The molecule has 8 heteroatoms. The first-order valence-electron chi connectivity index (χ1n) is 7.51. The topological polar surface area (TPSA) is 67.6 Å². The van der Waals surface area contributed by atoms with Gasteiger partial charge in [0.1, 0.15) is 11.9 Å². The third kappa shape index (κ3) is 6.91. The maximum atomic E-state index is 13.5. The van der Waals surface area contributed by atoms with Crippen LogP contribution in [0.1, 0.15) is 25.5 Å². The van der Waals surface area contributed by atoms with E-state index in [9.17, 15) is 9.18 Å². The van der Waals surface area contributed by atoms with E-state index in [0.29, 0.717) is 38.4 Å². The minimum Gasteiger partial charge on any atom is -0.379 e. The van der Waals surface area contributed by atoms with Crippen LogP contribution in [0.5, 0.6) is 0 Å². The lowest BCUT2D eigenvalue weighted by molar-refractivity contribution is -0.128. The highest BCUT2D eigenvalue weighted by atomic mass is 35.5. The number of benzene rings is 1. The molecule has 5 nitrogen and oxygen atoms in total. The molecule has 24 heavy (non-hydrogen) atoms. The number of rotatable bonds is 5. The van der Waals surface area contributed by atoms with Gasteiger partial charge in [-0.2, -0.15) is 0 Å². The maximum Gasteiger partial charge on any atom is 0.242 e. The van der Waals surface area contributed by atoms with E-state index in [1.807, 2.05) is 18.7 Å². The highest BCUT2D eigenvalue weighted by molar-refractivity contribution is 5.85. The summed E-state index contributed by atoms with van der Waals surface area (Å²) in [5.41, 5.74) is 6.07. The summed E-state index contributed by atoms with van der Waals surface area (Å²) in [5, 5.41) is 2.87. The van der Waals surface area contributed by atoms with Crippen molar-refractivity contribution in [3.63, 3.8) is 0 Å². The third-order valence-electron chi connectivity index (χ3n) is 3.54. The van der Waals surface area contributed by atoms with Crippen LogP contribution in [0.25, 0.3) is 0 Å². The molecule has 0 radical (unpaired) electrons. The molecular weight excluding hydrogens is 356 g/mol. The molecule has 1 aromatic rings. The van der Waals surface area contributed by atoms with E-state index in [1.165, 1.54) is 12.1 Å². The lowest BCUT2D eigenvalue weighted by Gasteiger charge is -2.34. The van der Waals surface area contributed by atoms with Crippen molar-refractivity contribution >= 4 is 30.7 Å². The number of amides is 1. The van der Waals surface area contributed by atoms with E-state index in [4.69, 9.17) is 10.5 Å². The molecule has 1 saturated heterocycles. The minimum absolute atomic E-state index is 0. The van der Waals surface area contributed by atoms with Crippen LogP contribution in [0.15, 0.2) is 24.3 Å². The van der Waals surface area contributed by atoms with E-state index >= 15 is 0 Å². The number of hydrogen-bond donors (Lipinski definition) is 2. The minimum atomic E-state index is -0.526. The Kier molecular flexibility index (Phi) is 9.77. The second kappa shape index (κ2) is 10.2. The van der Waals surface area contributed by atoms with Crippen molar-refractivity contribution in [2.45, 2.75) is 25.4 Å². The molecule has 0 bridgehead atoms. The quantitative estimate of drug-likeness (QED) is 0.816. The average Bonchev–Trinajstić information content (AvgIpc) is 2.46. The Morgan fingerprint density at radius 3 is 2.54 bits per heavy atom. The van der Waals surface area contributed by atoms with Gasteiger partial charge in [0, 0.05) is 25.2 Å². The van der Waals surface area contributed by atoms with Crippen LogP contribution in [0, 0.1) is 5.82 Å². The second-order valence-corrected chi connectivity index (χ2v) is 6.31. The standard InChI is InChI=1S/C16H24FN3O2.2ClH/c1-16(2,18)11-19-15(21)14(20-6-8-22-9-7-20)12-4-3-5-13(17)10-12;;/h3-5,10,14H,6-9,11,18H2,1-2H3,(H,19,21);2*1H. The fourth-order valence-corrected chi connectivity index (χ4v) is 2.45. The first kappa shape index (κ1) is 23.1. The molecule has 1 amide bonds. The third-order valence-corrected chi connectivity index (χ3v) is 3.54. The molecule has 1 aliphatic rings. The van der Waals surface area contributed by atoms with Gasteiger partial charge in [-0.1, -0.05) is 12.1 Å². The first-order valence-corrected chi connectivity index (χ1v) is 7.51. The first-order chi connectivity index (χ1) is 10.4. The van der Waals surface area contributed by atoms with Gasteiger partial charge in [0.2, 0.25) is 5.91 Å². The maximum absolute atomic E-state index is 13.5. The summed E-state index contributed by atoms with van der Waals surface area (Å²) in [6.07, 6.45) is 0. The van der Waals surface area contributed by atoms with Crippen LogP contribution in [-0.4, -0.2) is 49.2 Å². The van der Waals surface area contributed by atoms with Gasteiger partial charge in [0.05, 0.1) is 13.2 Å². The number of carbonyl (C=O) groups is 1. The molecule has 0 aliphatic carbocycles. The van der Waals surface area contributed by atoms with Crippen molar-refractivity contribution in [2.75, 3.05) is 32.8 Å². The predicted molar refractivity (Wildman–Crippen MR) is 97.3 cm³/mol. The Labute approximate surface area is 154 Å². The van der Waals surface area contributed by atoms with Gasteiger partial charge < -0.3 is 15.8 Å². The summed E-state index contributed by atoms with van der Waals surface area (Å²) in [6.45, 7) is 6.48. The van der Waals surface area contributed by atoms with Crippen molar-refractivity contribution in [1.82, 2.24) is 10.2 Å². The molecule has 1 unspecified atom stereocenters. The van der Waals surface area contributed by atoms with E-state index in [0.717, 1.165) is 0 Å². The number of carbonyl (C=O) groups excluding carboxylic acids is 1. The summed E-state index contributed by atoms with van der Waals surface area (Å²) < 4.78 is 18.9. The summed E-state index contributed by atoms with van der Waals surface area (Å²) in [5.74, 6) is -0.506. The van der Waals surface area contributed by atoms with E-state index in [1.54, 1.807) is 12.1 Å². The molecule has 138 valence electrons. The molecule has 1 aromatic carbocycles. The molecule has 0 aromatic heterocycles. The molecule has 1 aliphatic heterocycles. The normalized spacial score (nSPS) is 16.5. The number of nitrogens with one attached hydrogen (secondary N) is 1. The fraction of sp³-hybridized carbons (Fsp3) is 0.562. The number of halogens is 3. The molecule has 0 spiro atoms. The van der Waals surface area contributed by atoms with E-state index < -0.39 is 11.6 Å². The Morgan fingerprint density at radius 1 is 1.38 bits per heavy atom. The molecule has 1 atom stereocenters. The van der Waals surface area contributed by atoms with Gasteiger partial charge in [-0.25, -0.2) is 4.39 Å². The summed E-state index contributed by atoms with van der Waals surface area (Å²) in [7, 11) is 0. The van der Waals surface area contributed by atoms with Crippen LogP contribution in [0.2, 0.25) is 0 Å². The molecule has 1 heterocycles. The molecule has 0 saturated carbocycles. The van der Waals surface area contributed by atoms with Gasteiger partial charge in [0.25, 0.3) is 0 Å². The van der Waals surface area contributed by atoms with Crippen LogP contribution >= 0.6 is 24.8 Å². The Bertz CT molecular complexity index is 520. The van der Waals surface area contributed by atoms with Gasteiger partial charge in [-0.15, -0.1) is 24.8 Å². The lowest BCUT2D eigenvalue weighted by Crippen LogP contribution is -2.50. The molecular formula is C16H26Cl2FN3O2. The largest absolute Gasteiger partial charge is 0.379 e. The van der Waals surface area contributed by atoms with Crippen LogP contribution in [-0.2, 0) is 9.53 Å². The summed E-state index contributed by atoms with van der Waals surface area (Å²) in [6, 6.07) is 5.66.